The molecule has 1 heterocycles. The van der Waals surface area contributed by atoms with E-state index in [1.54, 1.807) is 18.2 Å². The molecular formula is C15H23ClFN3O. The minimum absolute atomic E-state index is 0.0475. The Morgan fingerprint density at radius 3 is 3.10 bits per heavy atom. The summed E-state index contributed by atoms with van der Waals surface area (Å²) in [6, 6.07) is 4.89. The van der Waals surface area contributed by atoms with Gasteiger partial charge >= 0.3 is 0 Å². The van der Waals surface area contributed by atoms with Crippen molar-refractivity contribution in [3.63, 3.8) is 0 Å². The molecule has 118 valence electrons. The smallest absolute Gasteiger partial charge is 0.145 e. The van der Waals surface area contributed by atoms with Crippen LogP contribution in [-0.4, -0.2) is 43.3 Å². The highest BCUT2D eigenvalue weighted by molar-refractivity contribution is 6.30. The Kier molecular flexibility index (Phi) is 6.39. The molecule has 2 atom stereocenters. The van der Waals surface area contributed by atoms with Crippen LogP contribution in [0, 0.1) is 5.82 Å². The summed E-state index contributed by atoms with van der Waals surface area (Å²) in [5.74, 6) is 5.28. The summed E-state index contributed by atoms with van der Waals surface area (Å²) in [5.41, 5.74) is 3.33. The Morgan fingerprint density at radius 1 is 1.57 bits per heavy atom. The molecule has 1 saturated heterocycles. The number of hydrazine groups is 1. The summed E-state index contributed by atoms with van der Waals surface area (Å²) in [6.45, 7) is 5.63. The minimum atomic E-state index is -0.374. The Hall–Kier alpha value is -0.720. The number of hydrogen-bond acceptors (Lipinski definition) is 4. The van der Waals surface area contributed by atoms with Crippen molar-refractivity contribution in [3.8, 4) is 0 Å². The average molecular weight is 316 g/mol. The highest BCUT2D eigenvalue weighted by Crippen LogP contribution is 2.21. The standard InChI is InChI=1S/C15H23ClFN3O/c1-2-6-20-7-8-21-14(10-20)13(19-18)9-11-4-3-5-12(16)15(11)17/h3-5,13-14,19H,2,6-10,18H2,1H3. The van der Waals surface area contributed by atoms with Crippen molar-refractivity contribution in [2.24, 2.45) is 5.84 Å². The maximum absolute atomic E-state index is 14.0. The first kappa shape index (κ1) is 16.6. The molecule has 0 aromatic heterocycles. The molecule has 1 aromatic carbocycles. The molecule has 1 aromatic rings. The van der Waals surface area contributed by atoms with Gasteiger partial charge in [-0.05, 0) is 31.0 Å². The lowest BCUT2D eigenvalue weighted by Gasteiger charge is -2.36. The van der Waals surface area contributed by atoms with Crippen LogP contribution in [0.1, 0.15) is 18.9 Å². The number of nitrogens with one attached hydrogen (secondary N) is 1. The number of halogens is 2. The van der Waals surface area contributed by atoms with E-state index in [4.69, 9.17) is 22.2 Å². The van der Waals surface area contributed by atoms with Gasteiger partial charge in [0.1, 0.15) is 5.82 Å². The maximum Gasteiger partial charge on any atom is 0.145 e. The van der Waals surface area contributed by atoms with E-state index in [2.05, 4.69) is 17.2 Å². The van der Waals surface area contributed by atoms with Crippen LogP contribution in [0.2, 0.25) is 5.02 Å². The van der Waals surface area contributed by atoms with Gasteiger partial charge in [-0.3, -0.25) is 16.2 Å². The first-order chi connectivity index (χ1) is 10.2. The molecule has 21 heavy (non-hydrogen) atoms. The molecule has 2 unspecified atom stereocenters. The SMILES string of the molecule is CCCN1CCOC(C(Cc2cccc(Cl)c2F)NN)C1. The zero-order valence-corrected chi connectivity index (χ0v) is 13.1. The summed E-state index contributed by atoms with van der Waals surface area (Å²) < 4.78 is 19.8. The molecule has 0 bridgehead atoms. The lowest BCUT2D eigenvalue weighted by molar-refractivity contribution is -0.0463. The minimum Gasteiger partial charge on any atom is -0.374 e. The number of rotatable bonds is 6. The third kappa shape index (κ3) is 4.37. The molecule has 6 heteroatoms. The van der Waals surface area contributed by atoms with Crippen molar-refractivity contribution in [1.82, 2.24) is 10.3 Å². The van der Waals surface area contributed by atoms with Gasteiger partial charge in [-0.1, -0.05) is 30.7 Å². The highest BCUT2D eigenvalue weighted by atomic mass is 35.5. The normalized spacial score (nSPS) is 21.4. The van der Waals surface area contributed by atoms with Gasteiger partial charge in [0, 0.05) is 13.1 Å². The van der Waals surface area contributed by atoms with Crippen molar-refractivity contribution in [3.05, 3.63) is 34.6 Å². The van der Waals surface area contributed by atoms with E-state index < -0.39 is 0 Å². The molecule has 0 saturated carbocycles. The zero-order chi connectivity index (χ0) is 15.2. The quantitative estimate of drug-likeness (QED) is 0.622. The lowest BCUT2D eigenvalue weighted by atomic mass is 10.00. The largest absolute Gasteiger partial charge is 0.374 e. The van der Waals surface area contributed by atoms with Crippen LogP contribution in [0.4, 0.5) is 4.39 Å². The Labute approximate surface area is 130 Å². The molecule has 1 aliphatic heterocycles. The van der Waals surface area contributed by atoms with Gasteiger partial charge in [0.25, 0.3) is 0 Å². The van der Waals surface area contributed by atoms with Crippen LogP contribution in [0.5, 0.6) is 0 Å². The molecule has 0 spiro atoms. The van der Waals surface area contributed by atoms with E-state index in [1.165, 1.54) is 0 Å². The summed E-state index contributed by atoms with van der Waals surface area (Å²) in [4.78, 5) is 2.35. The van der Waals surface area contributed by atoms with Gasteiger partial charge < -0.3 is 4.74 Å². The van der Waals surface area contributed by atoms with E-state index in [-0.39, 0.29) is 23.0 Å². The van der Waals surface area contributed by atoms with Crippen LogP contribution in [0.15, 0.2) is 18.2 Å². The predicted molar refractivity (Wildman–Crippen MR) is 82.7 cm³/mol. The number of nitrogens with two attached hydrogens (primary N) is 1. The molecule has 0 amide bonds. The summed E-state index contributed by atoms with van der Waals surface area (Å²) in [5, 5.41) is 0.139. The van der Waals surface area contributed by atoms with Crippen LogP contribution in [0.25, 0.3) is 0 Å². The fourth-order valence-electron chi connectivity index (χ4n) is 2.74. The number of morpholine rings is 1. The molecule has 0 radical (unpaired) electrons. The molecule has 4 nitrogen and oxygen atoms in total. The van der Waals surface area contributed by atoms with Crippen molar-refractivity contribution < 1.29 is 9.13 Å². The monoisotopic (exact) mass is 315 g/mol. The second kappa shape index (κ2) is 8.06. The Morgan fingerprint density at radius 2 is 2.38 bits per heavy atom. The van der Waals surface area contributed by atoms with Crippen molar-refractivity contribution in [2.75, 3.05) is 26.2 Å². The number of nitrogens with zero attached hydrogens (tertiary/aromatic N) is 1. The highest BCUT2D eigenvalue weighted by Gasteiger charge is 2.28. The van der Waals surface area contributed by atoms with Crippen molar-refractivity contribution >= 4 is 11.6 Å². The van der Waals surface area contributed by atoms with Crippen LogP contribution >= 0.6 is 11.6 Å². The topological polar surface area (TPSA) is 50.5 Å². The second-order valence-corrected chi connectivity index (χ2v) is 5.81. The molecule has 1 fully saturated rings. The Bertz CT molecular complexity index is 459. The summed E-state index contributed by atoms with van der Waals surface area (Å²) in [7, 11) is 0. The predicted octanol–water partition coefficient (Wildman–Crippen LogP) is 1.96. The van der Waals surface area contributed by atoms with Gasteiger partial charge in [0.05, 0.1) is 23.8 Å². The van der Waals surface area contributed by atoms with Crippen LogP contribution in [-0.2, 0) is 11.2 Å². The van der Waals surface area contributed by atoms with E-state index in [9.17, 15) is 4.39 Å². The number of hydrogen-bond donors (Lipinski definition) is 2. The third-order valence-corrected chi connectivity index (χ3v) is 4.14. The van der Waals surface area contributed by atoms with Gasteiger partial charge in [-0.2, -0.15) is 0 Å². The maximum atomic E-state index is 14.0. The summed E-state index contributed by atoms with van der Waals surface area (Å²) in [6.07, 6.45) is 1.51. The van der Waals surface area contributed by atoms with Gasteiger partial charge in [0.2, 0.25) is 0 Å². The molecule has 2 rings (SSSR count). The van der Waals surface area contributed by atoms with E-state index >= 15 is 0 Å². The molecule has 1 aliphatic rings. The number of ether oxygens (including phenoxy) is 1. The average Bonchev–Trinajstić information content (AvgIpc) is 2.49. The van der Waals surface area contributed by atoms with Crippen LogP contribution < -0.4 is 11.3 Å². The fraction of sp³-hybridized carbons (Fsp3) is 0.600. The van der Waals surface area contributed by atoms with Gasteiger partial charge in [-0.25, -0.2) is 4.39 Å². The molecule has 0 aliphatic carbocycles. The number of benzene rings is 1. The second-order valence-electron chi connectivity index (χ2n) is 5.40. The van der Waals surface area contributed by atoms with Gasteiger partial charge in [-0.15, -0.1) is 0 Å². The molecular weight excluding hydrogens is 293 g/mol. The van der Waals surface area contributed by atoms with Gasteiger partial charge in [0.15, 0.2) is 0 Å². The van der Waals surface area contributed by atoms with Crippen molar-refractivity contribution in [2.45, 2.75) is 31.9 Å². The Balaban J connectivity index is 2.03. The zero-order valence-electron chi connectivity index (χ0n) is 12.3. The van der Waals surface area contributed by atoms with Crippen LogP contribution in [0.3, 0.4) is 0 Å². The van der Waals surface area contributed by atoms with E-state index in [0.717, 1.165) is 26.1 Å². The third-order valence-electron chi connectivity index (χ3n) is 3.85. The fourth-order valence-corrected chi connectivity index (χ4v) is 2.93. The first-order valence-electron chi connectivity index (χ1n) is 7.38. The van der Waals surface area contributed by atoms with E-state index in [1.807, 2.05) is 0 Å². The lowest BCUT2D eigenvalue weighted by Crippen LogP contribution is -2.55. The van der Waals surface area contributed by atoms with Crippen molar-refractivity contribution in [1.29, 1.82) is 0 Å². The first-order valence-corrected chi connectivity index (χ1v) is 7.76. The van der Waals surface area contributed by atoms with E-state index in [0.29, 0.717) is 18.6 Å². The summed E-state index contributed by atoms with van der Waals surface area (Å²) >= 11 is 5.82. The molecule has 3 N–H and O–H groups in total.